The molecule has 2 heterocycles. The molecule has 114 valence electrons. The zero-order valence-corrected chi connectivity index (χ0v) is 13.6. The number of rotatable bonds is 6. The Labute approximate surface area is 126 Å². The van der Waals surface area contributed by atoms with E-state index in [2.05, 4.69) is 12.2 Å². The van der Waals surface area contributed by atoms with Crippen molar-refractivity contribution in [3.63, 3.8) is 0 Å². The van der Waals surface area contributed by atoms with E-state index < -0.39 is 0 Å². The molecule has 2 fully saturated rings. The van der Waals surface area contributed by atoms with Crippen molar-refractivity contribution in [2.75, 3.05) is 12.3 Å². The second kappa shape index (κ2) is 6.48. The Hall–Kier alpha value is -0.550. The lowest BCUT2D eigenvalue weighted by Crippen LogP contribution is -2.46. The number of carbonyl (C=O) groups excluding carboxylic acids is 2. The predicted molar refractivity (Wildman–Crippen MR) is 82.7 cm³/mol. The van der Waals surface area contributed by atoms with Gasteiger partial charge in [0.1, 0.15) is 0 Å². The normalized spacial score (nSPS) is 30.8. The molecule has 2 aliphatic rings. The standard InChI is InChI=1S/C15H26N2O2S/c1-4-11(5-2)17-13(18)9-12(14(17)19)16-10-15(3)7-6-8-20-15/h11-12,16H,4-10H2,1-3H3. The summed E-state index contributed by atoms with van der Waals surface area (Å²) in [6.45, 7) is 7.13. The number of nitrogens with zero attached hydrogens (tertiary/aromatic N) is 1. The summed E-state index contributed by atoms with van der Waals surface area (Å²) in [6, 6.07) is -0.237. The van der Waals surface area contributed by atoms with Gasteiger partial charge in [0.2, 0.25) is 11.8 Å². The van der Waals surface area contributed by atoms with Crippen LogP contribution in [-0.4, -0.2) is 45.8 Å². The molecule has 0 spiro atoms. The van der Waals surface area contributed by atoms with E-state index in [0.29, 0.717) is 6.42 Å². The number of hydrogen-bond donors (Lipinski definition) is 1. The van der Waals surface area contributed by atoms with Gasteiger partial charge in [0, 0.05) is 17.3 Å². The average Bonchev–Trinajstić information content (AvgIpc) is 2.97. The lowest BCUT2D eigenvalue weighted by Gasteiger charge is -2.26. The maximum absolute atomic E-state index is 12.4. The fourth-order valence-electron chi connectivity index (χ4n) is 3.16. The molecule has 0 aromatic heterocycles. The molecule has 2 amide bonds. The van der Waals surface area contributed by atoms with Crippen LogP contribution in [0.2, 0.25) is 0 Å². The first kappa shape index (κ1) is 15.8. The number of nitrogens with one attached hydrogen (secondary N) is 1. The molecule has 0 aliphatic carbocycles. The van der Waals surface area contributed by atoms with Crippen LogP contribution in [0.5, 0.6) is 0 Å². The number of hydrogen-bond acceptors (Lipinski definition) is 4. The van der Waals surface area contributed by atoms with Gasteiger partial charge in [-0.25, -0.2) is 0 Å². The first-order valence-electron chi connectivity index (χ1n) is 7.74. The fourth-order valence-corrected chi connectivity index (χ4v) is 4.42. The number of likely N-dealkylation sites (tertiary alicyclic amines) is 1. The molecule has 4 nitrogen and oxygen atoms in total. The summed E-state index contributed by atoms with van der Waals surface area (Å²) in [4.78, 5) is 26.0. The molecule has 2 rings (SSSR count). The van der Waals surface area contributed by atoms with E-state index in [1.54, 1.807) is 0 Å². The molecule has 0 bridgehead atoms. The summed E-state index contributed by atoms with van der Waals surface area (Å²) >= 11 is 1.97. The van der Waals surface area contributed by atoms with Gasteiger partial charge in [0.25, 0.3) is 0 Å². The molecular weight excluding hydrogens is 272 g/mol. The van der Waals surface area contributed by atoms with Crippen LogP contribution < -0.4 is 5.32 Å². The van der Waals surface area contributed by atoms with Crippen LogP contribution in [-0.2, 0) is 9.59 Å². The van der Waals surface area contributed by atoms with Crippen molar-refractivity contribution in [3.05, 3.63) is 0 Å². The highest BCUT2D eigenvalue weighted by Gasteiger charge is 2.42. The average molecular weight is 298 g/mol. The van der Waals surface area contributed by atoms with Gasteiger partial charge in [-0.05, 0) is 38.4 Å². The van der Waals surface area contributed by atoms with Gasteiger partial charge in [0.15, 0.2) is 0 Å². The van der Waals surface area contributed by atoms with E-state index in [9.17, 15) is 9.59 Å². The van der Waals surface area contributed by atoms with Crippen molar-refractivity contribution < 1.29 is 9.59 Å². The van der Waals surface area contributed by atoms with Crippen LogP contribution in [0.25, 0.3) is 0 Å². The molecule has 0 radical (unpaired) electrons. The van der Waals surface area contributed by atoms with Gasteiger partial charge in [-0.1, -0.05) is 13.8 Å². The smallest absolute Gasteiger partial charge is 0.247 e. The van der Waals surface area contributed by atoms with E-state index in [1.807, 2.05) is 25.6 Å². The molecule has 20 heavy (non-hydrogen) atoms. The molecule has 0 saturated carbocycles. The van der Waals surface area contributed by atoms with E-state index in [0.717, 1.165) is 19.4 Å². The van der Waals surface area contributed by atoms with Gasteiger partial charge >= 0.3 is 0 Å². The van der Waals surface area contributed by atoms with Gasteiger partial charge < -0.3 is 5.32 Å². The molecule has 5 heteroatoms. The Bertz CT molecular complexity index is 376. The van der Waals surface area contributed by atoms with E-state index >= 15 is 0 Å². The molecule has 0 aromatic carbocycles. The molecule has 2 aliphatic heterocycles. The number of thioether (sulfide) groups is 1. The van der Waals surface area contributed by atoms with Crippen LogP contribution in [0, 0.1) is 0 Å². The van der Waals surface area contributed by atoms with Crippen molar-refractivity contribution in [3.8, 4) is 0 Å². The zero-order chi connectivity index (χ0) is 14.8. The number of imide groups is 1. The van der Waals surface area contributed by atoms with Gasteiger partial charge in [-0.2, -0.15) is 11.8 Å². The van der Waals surface area contributed by atoms with Gasteiger partial charge in [-0.15, -0.1) is 0 Å². The largest absolute Gasteiger partial charge is 0.304 e. The van der Waals surface area contributed by atoms with Crippen LogP contribution >= 0.6 is 11.8 Å². The van der Waals surface area contributed by atoms with E-state index in [-0.39, 0.29) is 28.6 Å². The predicted octanol–water partition coefficient (Wildman–Crippen LogP) is 2.18. The number of amides is 2. The minimum absolute atomic E-state index is 0.00886. The Morgan fingerprint density at radius 2 is 2.10 bits per heavy atom. The quantitative estimate of drug-likeness (QED) is 0.764. The maximum Gasteiger partial charge on any atom is 0.247 e. The minimum Gasteiger partial charge on any atom is -0.304 e. The Morgan fingerprint density at radius 3 is 2.65 bits per heavy atom. The first-order valence-corrected chi connectivity index (χ1v) is 8.72. The summed E-state index contributed by atoms with van der Waals surface area (Å²) < 4.78 is 0.228. The summed E-state index contributed by atoms with van der Waals surface area (Å²) in [5.41, 5.74) is 0. The minimum atomic E-state index is -0.305. The summed E-state index contributed by atoms with van der Waals surface area (Å²) in [5, 5.41) is 3.34. The highest BCUT2D eigenvalue weighted by atomic mass is 32.2. The lowest BCUT2D eigenvalue weighted by molar-refractivity contribution is -0.141. The van der Waals surface area contributed by atoms with Crippen molar-refractivity contribution >= 4 is 23.6 Å². The fraction of sp³-hybridized carbons (Fsp3) is 0.867. The molecule has 2 unspecified atom stereocenters. The highest BCUT2D eigenvalue weighted by molar-refractivity contribution is 8.00. The van der Waals surface area contributed by atoms with Crippen molar-refractivity contribution in [2.24, 2.45) is 0 Å². The first-order chi connectivity index (χ1) is 9.50. The second-order valence-electron chi connectivity index (χ2n) is 6.11. The van der Waals surface area contributed by atoms with Gasteiger partial charge in [0.05, 0.1) is 12.5 Å². The molecular formula is C15H26N2O2S. The van der Waals surface area contributed by atoms with Crippen LogP contribution in [0.15, 0.2) is 0 Å². The Kier molecular flexibility index (Phi) is 5.13. The second-order valence-corrected chi connectivity index (χ2v) is 7.79. The van der Waals surface area contributed by atoms with E-state index in [1.165, 1.54) is 23.5 Å². The van der Waals surface area contributed by atoms with Crippen LogP contribution in [0.1, 0.15) is 52.9 Å². The maximum atomic E-state index is 12.4. The van der Waals surface area contributed by atoms with E-state index in [4.69, 9.17) is 0 Å². The molecule has 2 saturated heterocycles. The van der Waals surface area contributed by atoms with Crippen molar-refractivity contribution in [1.29, 1.82) is 0 Å². The topological polar surface area (TPSA) is 49.4 Å². The summed E-state index contributed by atoms with van der Waals surface area (Å²) in [5.74, 6) is 1.18. The van der Waals surface area contributed by atoms with Crippen molar-refractivity contribution in [1.82, 2.24) is 10.2 Å². The third-order valence-electron chi connectivity index (χ3n) is 4.51. The SMILES string of the molecule is CCC(CC)N1C(=O)CC(NCC2(C)CCCS2)C1=O. The summed E-state index contributed by atoms with van der Waals surface area (Å²) in [6.07, 6.45) is 4.45. The number of carbonyl (C=O) groups is 2. The summed E-state index contributed by atoms with van der Waals surface area (Å²) in [7, 11) is 0. The lowest BCUT2D eigenvalue weighted by atomic mass is 10.1. The third kappa shape index (κ3) is 3.19. The molecule has 1 N–H and O–H groups in total. The van der Waals surface area contributed by atoms with Crippen molar-refractivity contribution in [2.45, 2.75) is 69.7 Å². The Morgan fingerprint density at radius 1 is 1.40 bits per heavy atom. The van der Waals surface area contributed by atoms with Crippen LogP contribution in [0.3, 0.4) is 0 Å². The zero-order valence-electron chi connectivity index (χ0n) is 12.8. The third-order valence-corrected chi connectivity index (χ3v) is 6.05. The monoisotopic (exact) mass is 298 g/mol. The van der Waals surface area contributed by atoms with Crippen LogP contribution in [0.4, 0.5) is 0 Å². The molecule has 0 aromatic rings. The Balaban J connectivity index is 1.94. The van der Waals surface area contributed by atoms with Gasteiger partial charge in [-0.3, -0.25) is 14.5 Å². The molecule has 2 atom stereocenters. The highest BCUT2D eigenvalue weighted by Crippen LogP contribution is 2.37.